The van der Waals surface area contributed by atoms with Gasteiger partial charge in [-0.15, -0.1) is 0 Å². The minimum Gasteiger partial charge on any atom is -0.339 e. The van der Waals surface area contributed by atoms with Crippen LogP contribution in [0.25, 0.3) is 0 Å². The first-order chi connectivity index (χ1) is 5.07. The van der Waals surface area contributed by atoms with Crippen molar-refractivity contribution in [2.45, 2.75) is 20.3 Å². The Labute approximate surface area is 67.7 Å². The molecule has 5 heteroatoms. The molecule has 0 saturated heterocycles. The number of rotatable bonds is 3. The molecular weight excluding hydrogens is 168 g/mol. The zero-order valence-corrected chi connectivity index (χ0v) is 7.18. The summed E-state index contributed by atoms with van der Waals surface area (Å²) in [6, 6.07) is 0. The van der Waals surface area contributed by atoms with E-state index in [2.05, 4.69) is 4.18 Å². The monoisotopic (exact) mass is 178 g/mol. The SMILES string of the molecule is CCC=C(C)C(=O)OS(=O)O. The summed E-state index contributed by atoms with van der Waals surface area (Å²) >= 11 is -2.51. The number of carbonyl (C=O) groups excluding carboxylic acids is 1. The van der Waals surface area contributed by atoms with E-state index in [-0.39, 0.29) is 0 Å². The van der Waals surface area contributed by atoms with Gasteiger partial charge in [-0.05, 0) is 13.3 Å². The maximum Gasteiger partial charge on any atom is 0.360 e. The molecule has 0 aromatic heterocycles. The van der Waals surface area contributed by atoms with Crippen LogP contribution in [-0.2, 0) is 20.3 Å². The second-order valence-electron chi connectivity index (χ2n) is 1.88. The summed E-state index contributed by atoms with van der Waals surface area (Å²) in [6.45, 7) is 3.38. The van der Waals surface area contributed by atoms with E-state index in [1.165, 1.54) is 6.92 Å². The Kier molecular flexibility index (Phi) is 4.72. The Hall–Kier alpha value is -0.680. The summed E-state index contributed by atoms with van der Waals surface area (Å²) in [5.41, 5.74) is 0.343. The fourth-order valence-electron chi connectivity index (χ4n) is 0.520. The van der Waals surface area contributed by atoms with Gasteiger partial charge < -0.3 is 4.18 Å². The maximum absolute atomic E-state index is 10.7. The average molecular weight is 178 g/mol. The largest absolute Gasteiger partial charge is 0.360 e. The van der Waals surface area contributed by atoms with Crippen molar-refractivity contribution in [3.05, 3.63) is 11.6 Å². The first kappa shape index (κ1) is 10.3. The van der Waals surface area contributed by atoms with E-state index in [1.807, 2.05) is 6.92 Å². The highest BCUT2D eigenvalue weighted by atomic mass is 32.2. The molecule has 0 aliphatic carbocycles. The highest BCUT2D eigenvalue weighted by Gasteiger charge is 2.07. The summed E-state index contributed by atoms with van der Waals surface area (Å²) in [6.07, 6.45) is 2.31. The van der Waals surface area contributed by atoms with Crippen LogP contribution in [0.1, 0.15) is 20.3 Å². The Balaban J connectivity index is 4.03. The zero-order valence-electron chi connectivity index (χ0n) is 6.36. The van der Waals surface area contributed by atoms with Crippen LogP contribution in [0, 0.1) is 0 Å². The highest BCUT2D eigenvalue weighted by molar-refractivity contribution is 7.74. The predicted octanol–water partition coefficient (Wildman–Crippen LogP) is 1.02. The summed E-state index contributed by atoms with van der Waals surface area (Å²) in [5, 5.41) is 0. The van der Waals surface area contributed by atoms with Crippen molar-refractivity contribution >= 4 is 17.3 Å². The minimum absolute atomic E-state index is 0.343. The molecule has 0 aromatic rings. The molecule has 0 radical (unpaired) electrons. The average Bonchev–Trinajstić information content (AvgIpc) is 1.86. The Morgan fingerprint density at radius 1 is 1.73 bits per heavy atom. The van der Waals surface area contributed by atoms with Gasteiger partial charge in [-0.3, -0.25) is 4.55 Å². The lowest BCUT2D eigenvalue weighted by molar-refractivity contribution is -0.129. The Morgan fingerprint density at radius 2 is 2.27 bits per heavy atom. The fourth-order valence-corrected chi connectivity index (χ4v) is 0.781. The van der Waals surface area contributed by atoms with Gasteiger partial charge in [-0.1, -0.05) is 13.0 Å². The van der Waals surface area contributed by atoms with Gasteiger partial charge in [0, 0.05) is 5.57 Å². The lowest BCUT2D eigenvalue weighted by Gasteiger charge is -1.96. The molecule has 1 unspecified atom stereocenters. The van der Waals surface area contributed by atoms with Crippen LogP contribution in [-0.4, -0.2) is 14.7 Å². The molecule has 0 amide bonds. The van der Waals surface area contributed by atoms with Crippen LogP contribution < -0.4 is 0 Å². The first-order valence-electron chi connectivity index (χ1n) is 3.08. The van der Waals surface area contributed by atoms with Gasteiger partial charge in [0.05, 0.1) is 0 Å². The highest BCUT2D eigenvalue weighted by Crippen LogP contribution is 1.98. The molecule has 0 spiro atoms. The molecule has 0 bridgehead atoms. The third kappa shape index (κ3) is 4.69. The summed E-state index contributed by atoms with van der Waals surface area (Å²) < 4.78 is 22.1. The van der Waals surface area contributed by atoms with Crippen molar-refractivity contribution in [3.63, 3.8) is 0 Å². The molecule has 0 aliphatic heterocycles. The molecule has 1 atom stereocenters. The van der Waals surface area contributed by atoms with Gasteiger partial charge in [0.1, 0.15) is 0 Å². The molecule has 0 saturated carbocycles. The maximum atomic E-state index is 10.7. The van der Waals surface area contributed by atoms with Crippen LogP contribution in [0.2, 0.25) is 0 Å². The molecule has 4 nitrogen and oxygen atoms in total. The molecule has 0 heterocycles. The van der Waals surface area contributed by atoms with Gasteiger partial charge in [0.2, 0.25) is 0 Å². The second kappa shape index (κ2) is 5.03. The van der Waals surface area contributed by atoms with E-state index in [1.54, 1.807) is 6.08 Å². The molecule has 0 rings (SSSR count). The molecule has 11 heavy (non-hydrogen) atoms. The van der Waals surface area contributed by atoms with Gasteiger partial charge in [-0.25, -0.2) is 4.79 Å². The topological polar surface area (TPSA) is 63.6 Å². The van der Waals surface area contributed by atoms with Crippen molar-refractivity contribution in [3.8, 4) is 0 Å². The van der Waals surface area contributed by atoms with Gasteiger partial charge in [0.25, 0.3) is 0 Å². The Morgan fingerprint density at radius 3 is 2.64 bits per heavy atom. The zero-order chi connectivity index (χ0) is 8.85. The van der Waals surface area contributed by atoms with Gasteiger partial charge in [-0.2, -0.15) is 4.21 Å². The lowest BCUT2D eigenvalue weighted by atomic mass is 10.2. The molecular formula is C6H10O4S. The molecule has 0 fully saturated rings. The van der Waals surface area contributed by atoms with E-state index >= 15 is 0 Å². The summed E-state index contributed by atoms with van der Waals surface area (Å²) in [5.74, 6) is -0.757. The Bertz CT molecular complexity index is 197. The normalized spacial score (nSPS) is 14.3. The van der Waals surface area contributed by atoms with Crippen LogP contribution in [0.4, 0.5) is 0 Å². The third-order valence-electron chi connectivity index (χ3n) is 0.979. The quantitative estimate of drug-likeness (QED) is 0.517. The molecule has 1 N–H and O–H groups in total. The number of allylic oxidation sites excluding steroid dienone is 1. The van der Waals surface area contributed by atoms with E-state index in [9.17, 15) is 9.00 Å². The standard InChI is InChI=1S/C6H10O4S/c1-3-4-5(2)6(7)10-11(8)9/h4H,3H2,1-2H3,(H,8,9). The molecule has 64 valence electrons. The van der Waals surface area contributed by atoms with Crippen molar-refractivity contribution in [2.75, 3.05) is 0 Å². The lowest BCUT2D eigenvalue weighted by Crippen LogP contribution is -2.07. The van der Waals surface area contributed by atoms with E-state index < -0.39 is 17.3 Å². The number of carbonyl (C=O) groups is 1. The molecule has 0 aliphatic rings. The van der Waals surface area contributed by atoms with E-state index in [0.29, 0.717) is 12.0 Å². The van der Waals surface area contributed by atoms with Crippen LogP contribution in [0.3, 0.4) is 0 Å². The van der Waals surface area contributed by atoms with E-state index in [0.717, 1.165) is 0 Å². The van der Waals surface area contributed by atoms with Crippen LogP contribution in [0.5, 0.6) is 0 Å². The predicted molar refractivity (Wildman–Crippen MR) is 40.9 cm³/mol. The first-order valence-corrected chi connectivity index (χ1v) is 4.11. The van der Waals surface area contributed by atoms with Crippen molar-refractivity contribution < 1.29 is 17.7 Å². The smallest absolute Gasteiger partial charge is 0.339 e. The summed E-state index contributed by atoms with van der Waals surface area (Å²) in [4.78, 5) is 10.7. The number of hydrogen-bond donors (Lipinski definition) is 1. The van der Waals surface area contributed by atoms with Gasteiger partial charge >= 0.3 is 17.3 Å². The van der Waals surface area contributed by atoms with Crippen molar-refractivity contribution in [1.29, 1.82) is 0 Å². The third-order valence-corrected chi connectivity index (χ3v) is 1.27. The van der Waals surface area contributed by atoms with Crippen LogP contribution in [0.15, 0.2) is 11.6 Å². The minimum atomic E-state index is -2.51. The van der Waals surface area contributed by atoms with E-state index in [4.69, 9.17) is 4.55 Å². The number of hydrogen-bond acceptors (Lipinski definition) is 3. The summed E-state index contributed by atoms with van der Waals surface area (Å²) in [7, 11) is 0. The molecule has 0 aromatic carbocycles. The van der Waals surface area contributed by atoms with Crippen molar-refractivity contribution in [2.24, 2.45) is 0 Å². The van der Waals surface area contributed by atoms with Crippen molar-refractivity contribution in [1.82, 2.24) is 0 Å². The fraction of sp³-hybridized carbons (Fsp3) is 0.500. The van der Waals surface area contributed by atoms with Crippen LogP contribution >= 0.6 is 0 Å². The second-order valence-corrected chi connectivity index (χ2v) is 2.48. The van der Waals surface area contributed by atoms with Gasteiger partial charge in [0.15, 0.2) is 0 Å².